The number of nitrogens with one attached hydrogen (secondary N) is 1. The molecular weight excluding hydrogens is 273 g/mol. The van der Waals surface area contributed by atoms with Crippen LogP contribution in [-0.4, -0.2) is 19.0 Å². The van der Waals surface area contributed by atoms with E-state index in [0.717, 1.165) is 11.3 Å². The molecule has 0 saturated heterocycles. The molecule has 21 heavy (non-hydrogen) atoms. The van der Waals surface area contributed by atoms with Crippen molar-refractivity contribution in [3.05, 3.63) is 64.0 Å². The van der Waals surface area contributed by atoms with Gasteiger partial charge in [0.1, 0.15) is 5.82 Å². The van der Waals surface area contributed by atoms with Crippen LogP contribution in [0.15, 0.2) is 42.5 Å². The minimum Gasteiger partial charge on any atom is -0.388 e. The number of benzene rings is 2. The van der Waals surface area contributed by atoms with E-state index in [0.29, 0.717) is 12.2 Å². The van der Waals surface area contributed by atoms with Crippen molar-refractivity contribution >= 4 is 17.1 Å². The number of para-hydroxylation sites is 1. The van der Waals surface area contributed by atoms with Gasteiger partial charge in [-0.15, -0.1) is 0 Å². The molecule has 0 fully saturated rings. The lowest BCUT2D eigenvalue weighted by molar-refractivity contribution is -0.384. The molecule has 0 unspecified atom stereocenters. The molecule has 0 aliphatic carbocycles. The van der Waals surface area contributed by atoms with Gasteiger partial charge in [-0.3, -0.25) is 10.1 Å². The molecule has 0 atom stereocenters. The van der Waals surface area contributed by atoms with Crippen LogP contribution in [0.1, 0.15) is 5.56 Å². The van der Waals surface area contributed by atoms with Gasteiger partial charge >= 0.3 is 0 Å². The molecule has 5 nitrogen and oxygen atoms in total. The number of anilines is 2. The minimum absolute atomic E-state index is 0.0194. The lowest BCUT2D eigenvalue weighted by Gasteiger charge is -2.21. The smallest absolute Gasteiger partial charge is 0.269 e. The standard InChI is InChI=1S/C15H16FN3O2/c1-17-14-8-7-12(19(20)21)9-11(14)10-18(2)15-6-4-3-5-13(15)16/h3-9,17H,10H2,1-2H3. The van der Waals surface area contributed by atoms with Crippen molar-refractivity contribution in [2.75, 3.05) is 24.3 Å². The molecule has 2 aromatic carbocycles. The fourth-order valence-electron chi connectivity index (χ4n) is 2.17. The predicted octanol–water partition coefficient (Wildman–Crippen LogP) is 3.41. The third kappa shape index (κ3) is 3.28. The van der Waals surface area contributed by atoms with E-state index in [9.17, 15) is 14.5 Å². The molecule has 0 aliphatic heterocycles. The summed E-state index contributed by atoms with van der Waals surface area (Å²) >= 11 is 0. The minimum atomic E-state index is -0.438. The Morgan fingerprint density at radius 2 is 2.00 bits per heavy atom. The first-order valence-corrected chi connectivity index (χ1v) is 6.43. The Labute approximate surface area is 122 Å². The Morgan fingerprint density at radius 3 is 2.62 bits per heavy atom. The molecule has 2 rings (SSSR count). The summed E-state index contributed by atoms with van der Waals surface area (Å²) < 4.78 is 13.8. The lowest BCUT2D eigenvalue weighted by Crippen LogP contribution is -2.18. The highest BCUT2D eigenvalue weighted by Gasteiger charge is 2.13. The molecule has 0 aromatic heterocycles. The Hall–Kier alpha value is -2.63. The van der Waals surface area contributed by atoms with Crippen LogP contribution in [-0.2, 0) is 6.54 Å². The van der Waals surface area contributed by atoms with Crippen LogP contribution in [0.25, 0.3) is 0 Å². The number of nitro groups is 1. The fourth-order valence-corrected chi connectivity index (χ4v) is 2.17. The number of nitro benzene ring substituents is 1. The second-order valence-corrected chi connectivity index (χ2v) is 4.66. The number of halogens is 1. The third-order valence-corrected chi connectivity index (χ3v) is 3.24. The van der Waals surface area contributed by atoms with Gasteiger partial charge in [0.2, 0.25) is 0 Å². The SMILES string of the molecule is CNc1ccc([N+](=O)[O-])cc1CN(C)c1ccccc1F. The zero-order chi connectivity index (χ0) is 15.4. The molecule has 0 radical (unpaired) electrons. The monoisotopic (exact) mass is 289 g/mol. The van der Waals surface area contributed by atoms with Gasteiger partial charge in [0.05, 0.1) is 10.6 Å². The van der Waals surface area contributed by atoms with E-state index in [1.54, 1.807) is 43.3 Å². The molecule has 0 heterocycles. The normalized spacial score (nSPS) is 10.2. The highest BCUT2D eigenvalue weighted by molar-refractivity contribution is 5.58. The first-order valence-electron chi connectivity index (χ1n) is 6.43. The van der Waals surface area contributed by atoms with Crippen molar-refractivity contribution < 1.29 is 9.31 Å². The molecular formula is C15H16FN3O2. The van der Waals surface area contributed by atoms with Crippen LogP contribution < -0.4 is 10.2 Å². The highest BCUT2D eigenvalue weighted by atomic mass is 19.1. The average Bonchev–Trinajstić information content (AvgIpc) is 2.47. The van der Waals surface area contributed by atoms with E-state index < -0.39 is 4.92 Å². The molecule has 1 N–H and O–H groups in total. The van der Waals surface area contributed by atoms with Crippen LogP contribution in [0.2, 0.25) is 0 Å². The summed E-state index contributed by atoms with van der Waals surface area (Å²) in [4.78, 5) is 12.2. The van der Waals surface area contributed by atoms with Crippen molar-refractivity contribution in [3.63, 3.8) is 0 Å². The van der Waals surface area contributed by atoms with Crippen LogP contribution in [0.4, 0.5) is 21.5 Å². The van der Waals surface area contributed by atoms with Crippen LogP contribution in [0.5, 0.6) is 0 Å². The third-order valence-electron chi connectivity index (χ3n) is 3.24. The highest BCUT2D eigenvalue weighted by Crippen LogP contribution is 2.26. The Balaban J connectivity index is 2.31. The van der Waals surface area contributed by atoms with Crippen molar-refractivity contribution in [1.82, 2.24) is 0 Å². The number of rotatable bonds is 5. The predicted molar refractivity (Wildman–Crippen MR) is 81.2 cm³/mol. The van der Waals surface area contributed by atoms with Crippen molar-refractivity contribution in [3.8, 4) is 0 Å². The molecule has 0 bridgehead atoms. The van der Waals surface area contributed by atoms with Gasteiger partial charge in [0.25, 0.3) is 5.69 Å². The number of non-ortho nitro benzene ring substituents is 1. The number of hydrogen-bond donors (Lipinski definition) is 1. The Kier molecular flexibility index (Phi) is 4.37. The summed E-state index contributed by atoms with van der Waals surface area (Å²) in [7, 11) is 3.49. The van der Waals surface area contributed by atoms with Crippen molar-refractivity contribution in [2.45, 2.75) is 6.54 Å². The van der Waals surface area contributed by atoms with Crippen molar-refractivity contribution in [2.24, 2.45) is 0 Å². The zero-order valence-corrected chi connectivity index (χ0v) is 11.8. The first-order chi connectivity index (χ1) is 10.0. The van der Waals surface area contributed by atoms with E-state index in [1.807, 2.05) is 0 Å². The molecule has 2 aromatic rings. The molecule has 0 saturated carbocycles. The number of nitrogens with zero attached hydrogens (tertiary/aromatic N) is 2. The van der Waals surface area contributed by atoms with Gasteiger partial charge in [0, 0.05) is 44.0 Å². The number of hydrogen-bond acceptors (Lipinski definition) is 4. The second-order valence-electron chi connectivity index (χ2n) is 4.66. The maximum absolute atomic E-state index is 13.8. The van der Waals surface area contributed by atoms with Crippen LogP contribution >= 0.6 is 0 Å². The molecule has 0 aliphatic rings. The summed E-state index contributed by atoms with van der Waals surface area (Å²) in [6.07, 6.45) is 0. The summed E-state index contributed by atoms with van der Waals surface area (Å²) in [6.45, 7) is 0.360. The molecule has 6 heteroatoms. The van der Waals surface area contributed by atoms with E-state index in [2.05, 4.69) is 5.32 Å². The van der Waals surface area contributed by atoms with Gasteiger partial charge in [0.15, 0.2) is 0 Å². The van der Waals surface area contributed by atoms with Gasteiger partial charge in [-0.1, -0.05) is 12.1 Å². The maximum Gasteiger partial charge on any atom is 0.269 e. The average molecular weight is 289 g/mol. The Morgan fingerprint density at radius 1 is 1.29 bits per heavy atom. The topological polar surface area (TPSA) is 58.4 Å². The van der Waals surface area contributed by atoms with Crippen LogP contribution in [0, 0.1) is 15.9 Å². The van der Waals surface area contributed by atoms with Crippen molar-refractivity contribution in [1.29, 1.82) is 0 Å². The summed E-state index contributed by atoms with van der Waals surface area (Å²) in [6, 6.07) is 11.0. The van der Waals surface area contributed by atoms with Gasteiger partial charge in [-0.2, -0.15) is 0 Å². The zero-order valence-electron chi connectivity index (χ0n) is 11.8. The summed E-state index contributed by atoms with van der Waals surface area (Å²) in [5.74, 6) is -0.323. The van der Waals surface area contributed by atoms with E-state index in [4.69, 9.17) is 0 Å². The first kappa shape index (κ1) is 14.8. The largest absolute Gasteiger partial charge is 0.388 e. The van der Waals surface area contributed by atoms with Gasteiger partial charge in [-0.25, -0.2) is 4.39 Å². The van der Waals surface area contributed by atoms with E-state index in [-0.39, 0.29) is 11.5 Å². The Bertz CT molecular complexity index is 661. The van der Waals surface area contributed by atoms with E-state index >= 15 is 0 Å². The van der Waals surface area contributed by atoms with E-state index in [1.165, 1.54) is 18.2 Å². The van der Waals surface area contributed by atoms with Gasteiger partial charge in [-0.05, 0) is 18.2 Å². The second kappa shape index (κ2) is 6.21. The lowest BCUT2D eigenvalue weighted by atomic mass is 10.1. The van der Waals surface area contributed by atoms with Gasteiger partial charge < -0.3 is 10.2 Å². The molecule has 0 amide bonds. The summed E-state index contributed by atoms with van der Waals surface area (Å²) in [5, 5.41) is 13.9. The summed E-state index contributed by atoms with van der Waals surface area (Å²) in [5.41, 5.74) is 1.98. The molecule has 0 spiro atoms. The fraction of sp³-hybridized carbons (Fsp3) is 0.200. The quantitative estimate of drug-likeness (QED) is 0.677. The van der Waals surface area contributed by atoms with Crippen LogP contribution in [0.3, 0.4) is 0 Å². The maximum atomic E-state index is 13.8. The molecule has 110 valence electrons.